The highest BCUT2D eigenvalue weighted by molar-refractivity contribution is 9.10. The molecule has 0 unspecified atom stereocenters. The lowest BCUT2D eigenvalue weighted by Crippen LogP contribution is -2.49. The van der Waals surface area contributed by atoms with Crippen LogP contribution in [0.5, 0.6) is 0 Å². The van der Waals surface area contributed by atoms with E-state index in [2.05, 4.69) is 15.9 Å². The Labute approximate surface area is 98.7 Å². The second-order valence-electron chi connectivity index (χ2n) is 5.05. The summed E-state index contributed by atoms with van der Waals surface area (Å²) in [5.74, 6) is -0.105. The van der Waals surface area contributed by atoms with Crippen molar-refractivity contribution in [2.24, 2.45) is 5.41 Å². The molecule has 1 rings (SSSR count). The molecule has 0 aliphatic heterocycles. The van der Waals surface area contributed by atoms with Gasteiger partial charge in [-0.25, -0.2) is 0 Å². The fourth-order valence-electron chi connectivity index (χ4n) is 2.28. The van der Waals surface area contributed by atoms with E-state index in [-0.39, 0.29) is 17.9 Å². The van der Waals surface area contributed by atoms with Crippen molar-refractivity contribution in [3.8, 4) is 0 Å². The van der Waals surface area contributed by atoms with Gasteiger partial charge < -0.3 is 4.74 Å². The number of hydrogen-bond donors (Lipinski definition) is 0. The molecule has 2 atom stereocenters. The van der Waals surface area contributed by atoms with Crippen LogP contribution in [0.2, 0.25) is 0 Å². The molecule has 0 radical (unpaired) electrons. The zero-order valence-corrected chi connectivity index (χ0v) is 11.2. The first-order chi connectivity index (χ1) is 6.65. The molecule has 1 saturated carbocycles. The van der Waals surface area contributed by atoms with Gasteiger partial charge in [-0.2, -0.15) is 0 Å². The van der Waals surface area contributed by atoms with Crippen LogP contribution < -0.4 is 0 Å². The minimum absolute atomic E-state index is 0.167. The van der Waals surface area contributed by atoms with Gasteiger partial charge in [-0.3, -0.25) is 9.59 Å². The van der Waals surface area contributed by atoms with E-state index in [1.54, 1.807) is 0 Å². The Bertz CT molecular complexity index is 274. The van der Waals surface area contributed by atoms with E-state index in [9.17, 15) is 9.59 Å². The van der Waals surface area contributed by atoms with Crippen LogP contribution in [0.4, 0.5) is 0 Å². The van der Waals surface area contributed by atoms with Gasteiger partial charge in [-0.1, -0.05) is 29.8 Å². The highest BCUT2D eigenvalue weighted by atomic mass is 79.9. The maximum atomic E-state index is 12.0. The number of ether oxygens (including phenoxy) is 1. The van der Waals surface area contributed by atoms with Crippen molar-refractivity contribution in [2.75, 3.05) is 0 Å². The molecule has 0 bridgehead atoms. The van der Waals surface area contributed by atoms with E-state index in [1.807, 2.05) is 20.8 Å². The van der Waals surface area contributed by atoms with Crippen LogP contribution in [0.25, 0.3) is 0 Å². The highest BCUT2D eigenvalue weighted by Gasteiger charge is 2.48. The van der Waals surface area contributed by atoms with Gasteiger partial charge in [0.05, 0.1) is 4.32 Å². The van der Waals surface area contributed by atoms with Crippen molar-refractivity contribution in [3.05, 3.63) is 0 Å². The number of rotatable bonds is 1. The van der Waals surface area contributed by atoms with Crippen LogP contribution >= 0.6 is 15.9 Å². The number of carbonyl (C=O) groups is 2. The molecule has 1 aliphatic carbocycles. The molecule has 0 aromatic heterocycles. The van der Waals surface area contributed by atoms with Crippen LogP contribution in [-0.2, 0) is 14.3 Å². The maximum absolute atomic E-state index is 12.0. The molecule has 0 aromatic rings. The van der Waals surface area contributed by atoms with Gasteiger partial charge >= 0.3 is 5.97 Å². The fourth-order valence-corrected chi connectivity index (χ4v) is 3.18. The van der Waals surface area contributed by atoms with Crippen LogP contribution in [-0.4, -0.2) is 22.2 Å². The molecule has 0 saturated heterocycles. The van der Waals surface area contributed by atoms with Gasteiger partial charge in [0.25, 0.3) is 0 Å². The topological polar surface area (TPSA) is 43.4 Å². The van der Waals surface area contributed by atoms with Crippen LogP contribution in [0, 0.1) is 5.41 Å². The Morgan fingerprint density at radius 1 is 1.40 bits per heavy atom. The molecule has 1 aliphatic rings. The molecular weight excluding hydrogens is 260 g/mol. The van der Waals surface area contributed by atoms with Crippen molar-refractivity contribution >= 4 is 27.7 Å². The minimum Gasteiger partial charge on any atom is -0.462 e. The molecule has 0 heterocycles. The minimum atomic E-state index is -0.575. The predicted molar refractivity (Wildman–Crippen MR) is 60.9 cm³/mol. The third kappa shape index (κ3) is 2.80. The van der Waals surface area contributed by atoms with Gasteiger partial charge in [-0.15, -0.1) is 0 Å². The van der Waals surface area contributed by atoms with Gasteiger partial charge in [0, 0.05) is 18.8 Å². The SMILES string of the molecule is CC(=O)O[C@H]1CC(C)(C)C(=O)[C@](C)(Br)C1. The summed E-state index contributed by atoms with van der Waals surface area (Å²) in [4.78, 5) is 22.9. The van der Waals surface area contributed by atoms with Crippen molar-refractivity contribution in [1.29, 1.82) is 0 Å². The van der Waals surface area contributed by atoms with E-state index in [0.29, 0.717) is 12.8 Å². The summed E-state index contributed by atoms with van der Waals surface area (Å²) < 4.78 is 4.62. The van der Waals surface area contributed by atoms with Crippen LogP contribution in [0.1, 0.15) is 40.5 Å². The number of Topliss-reactive ketones (excluding diaryl/α,β-unsaturated/α-hetero) is 1. The monoisotopic (exact) mass is 276 g/mol. The zero-order chi connectivity index (χ0) is 11.9. The average molecular weight is 277 g/mol. The van der Waals surface area contributed by atoms with E-state index in [1.165, 1.54) is 6.92 Å². The molecular formula is C11H17BrO3. The van der Waals surface area contributed by atoms with E-state index in [4.69, 9.17) is 4.74 Å². The normalized spacial score (nSPS) is 35.0. The lowest BCUT2D eigenvalue weighted by Gasteiger charge is -2.41. The fraction of sp³-hybridized carbons (Fsp3) is 0.818. The molecule has 4 heteroatoms. The third-order valence-corrected chi connectivity index (χ3v) is 3.45. The standard InChI is InChI=1S/C11H17BrO3/c1-7(13)15-8-5-10(2,3)9(14)11(4,12)6-8/h8H,5-6H2,1-4H3/t8-,11+/m0/s1. The Hall–Kier alpha value is -0.380. The number of esters is 1. The molecule has 0 spiro atoms. The van der Waals surface area contributed by atoms with Crippen LogP contribution in [0.15, 0.2) is 0 Å². The Kier molecular flexibility index (Phi) is 3.29. The van der Waals surface area contributed by atoms with E-state index < -0.39 is 9.74 Å². The van der Waals surface area contributed by atoms with Crippen LogP contribution in [0.3, 0.4) is 0 Å². The maximum Gasteiger partial charge on any atom is 0.302 e. The molecule has 15 heavy (non-hydrogen) atoms. The Morgan fingerprint density at radius 2 is 1.93 bits per heavy atom. The summed E-state index contributed by atoms with van der Waals surface area (Å²) in [7, 11) is 0. The lowest BCUT2D eigenvalue weighted by molar-refractivity contribution is -0.154. The van der Waals surface area contributed by atoms with Gasteiger partial charge in [-0.05, 0) is 13.3 Å². The number of hydrogen-bond acceptors (Lipinski definition) is 3. The molecule has 0 aromatic carbocycles. The first kappa shape index (κ1) is 12.7. The summed E-state index contributed by atoms with van der Waals surface area (Å²) >= 11 is 3.42. The van der Waals surface area contributed by atoms with Crippen molar-refractivity contribution in [3.63, 3.8) is 0 Å². The van der Waals surface area contributed by atoms with Gasteiger partial charge in [0.15, 0.2) is 5.78 Å². The zero-order valence-electron chi connectivity index (χ0n) is 9.59. The lowest BCUT2D eigenvalue weighted by atomic mass is 9.70. The Morgan fingerprint density at radius 3 is 2.33 bits per heavy atom. The molecule has 86 valence electrons. The molecule has 3 nitrogen and oxygen atoms in total. The van der Waals surface area contributed by atoms with Crippen molar-refractivity contribution in [1.82, 2.24) is 0 Å². The average Bonchev–Trinajstić information content (AvgIpc) is 1.97. The van der Waals surface area contributed by atoms with E-state index >= 15 is 0 Å². The highest BCUT2D eigenvalue weighted by Crippen LogP contribution is 2.43. The van der Waals surface area contributed by atoms with Crippen molar-refractivity contribution in [2.45, 2.75) is 51.0 Å². The van der Waals surface area contributed by atoms with E-state index in [0.717, 1.165) is 0 Å². The third-order valence-electron chi connectivity index (χ3n) is 2.77. The smallest absolute Gasteiger partial charge is 0.302 e. The summed E-state index contributed by atoms with van der Waals surface area (Å²) in [5, 5.41) is 0. The molecule has 0 N–H and O–H groups in total. The predicted octanol–water partition coefficient (Wildman–Crippen LogP) is 2.46. The molecule has 1 fully saturated rings. The quantitative estimate of drug-likeness (QED) is 0.546. The Balaban J connectivity index is 2.84. The largest absolute Gasteiger partial charge is 0.462 e. The number of halogens is 1. The summed E-state index contributed by atoms with van der Waals surface area (Å²) in [6, 6.07) is 0. The van der Waals surface area contributed by atoms with Crippen molar-refractivity contribution < 1.29 is 14.3 Å². The molecule has 0 amide bonds. The summed E-state index contributed by atoms with van der Waals surface area (Å²) in [5.41, 5.74) is -0.434. The summed E-state index contributed by atoms with van der Waals surface area (Å²) in [6.45, 7) is 7.02. The number of alkyl halides is 1. The number of carbonyl (C=O) groups excluding carboxylic acids is 2. The first-order valence-corrected chi connectivity index (χ1v) is 5.85. The second kappa shape index (κ2) is 3.89. The van der Waals surface area contributed by atoms with Gasteiger partial charge in [0.1, 0.15) is 6.10 Å². The first-order valence-electron chi connectivity index (χ1n) is 5.06. The van der Waals surface area contributed by atoms with Gasteiger partial charge in [0.2, 0.25) is 0 Å². The second-order valence-corrected chi connectivity index (χ2v) is 6.80. The summed E-state index contributed by atoms with van der Waals surface area (Å²) in [6.07, 6.45) is 0.987. The number of ketones is 1.